The molecule has 3 atom stereocenters. The summed E-state index contributed by atoms with van der Waals surface area (Å²) in [5.74, 6) is -0.650. The Morgan fingerprint density at radius 3 is 2.67 bits per heavy atom. The Kier molecular flexibility index (Phi) is 7.28. The Balaban J connectivity index is 2.57. The first-order valence-corrected chi connectivity index (χ1v) is 7.59. The summed E-state index contributed by atoms with van der Waals surface area (Å²) in [7, 11) is 0. The number of guanidine groups is 1. The van der Waals surface area contributed by atoms with E-state index in [0.717, 1.165) is 6.42 Å². The molecule has 0 heterocycles. The van der Waals surface area contributed by atoms with E-state index in [2.05, 4.69) is 15.6 Å². The fourth-order valence-corrected chi connectivity index (χ4v) is 2.44. The van der Waals surface area contributed by atoms with Gasteiger partial charge in [0, 0.05) is 25.7 Å². The fourth-order valence-electron chi connectivity index (χ4n) is 2.44. The van der Waals surface area contributed by atoms with Crippen molar-refractivity contribution in [2.45, 2.75) is 51.7 Å². The van der Waals surface area contributed by atoms with E-state index in [1.165, 1.54) is 0 Å². The highest BCUT2D eigenvalue weighted by Gasteiger charge is 2.42. The highest BCUT2D eigenvalue weighted by molar-refractivity contribution is 5.80. The van der Waals surface area contributed by atoms with E-state index >= 15 is 0 Å². The number of alkyl halides is 3. The molecule has 0 aromatic heterocycles. The molecule has 0 saturated heterocycles. The van der Waals surface area contributed by atoms with Gasteiger partial charge in [0.15, 0.2) is 5.96 Å². The molecule has 0 amide bonds. The van der Waals surface area contributed by atoms with E-state index in [9.17, 15) is 13.2 Å². The van der Waals surface area contributed by atoms with E-state index in [0.29, 0.717) is 25.5 Å². The van der Waals surface area contributed by atoms with E-state index in [4.69, 9.17) is 5.11 Å². The van der Waals surface area contributed by atoms with Crippen molar-refractivity contribution in [3.05, 3.63) is 0 Å². The number of rotatable bonds is 5. The standard InChI is InChI=1S/C14H26F3N3O/c1-3-18-13(19-8-10(2)9-21)20-12-6-4-5-11(7-12)14(15,16)17/h10-12,21H,3-9H2,1-2H3,(H2,18,19,20). The summed E-state index contributed by atoms with van der Waals surface area (Å²) in [5.41, 5.74) is 0. The molecule has 0 aliphatic heterocycles. The molecule has 1 rings (SSSR count). The molecule has 3 N–H and O–H groups in total. The highest BCUT2D eigenvalue weighted by Crippen LogP contribution is 2.37. The maximum absolute atomic E-state index is 12.8. The van der Waals surface area contributed by atoms with Crippen LogP contribution in [0.1, 0.15) is 39.5 Å². The number of nitrogens with one attached hydrogen (secondary N) is 2. The third-order valence-corrected chi connectivity index (χ3v) is 3.69. The van der Waals surface area contributed by atoms with Crippen LogP contribution in [0.4, 0.5) is 13.2 Å². The van der Waals surface area contributed by atoms with Gasteiger partial charge in [0.2, 0.25) is 0 Å². The van der Waals surface area contributed by atoms with Crippen LogP contribution in [0.15, 0.2) is 4.99 Å². The minimum atomic E-state index is -4.11. The van der Waals surface area contributed by atoms with Crippen molar-refractivity contribution in [2.24, 2.45) is 16.8 Å². The molecule has 4 nitrogen and oxygen atoms in total. The summed E-state index contributed by atoms with van der Waals surface area (Å²) in [4.78, 5) is 4.32. The second kappa shape index (κ2) is 8.46. The van der Waals surface area contributed by atoms with Crippen molar-refractivity contribution in [2.75, 3.05) is 19.7 Å². The summed E-state index contributed by atoms with van der Waals surface area (Å²) in [6.45, 7) is 4.91. The van der Waals surface area contributed by atoms with Crippen LogP contribution in [0, 0.1) is 11.8 Å². The lowest BCUT2D eigenvalue weighted by molar-refractivity contribution is -0.183. The normalized spacial score (nSPS) is 25.5. The number of nitrogens with zero attached hydrogens (tertiary/aromatic N) is 1. The number of hydrogen-bond acceptors (Lipinski definition) is 2. The molecular formula is C14H26F3N3O. The SMILES string of the molecule is CCNC(=NCC(C)CO)NC1CCCC(C(F)(F)F)C1. The molecule has 0 bridgehead atoms. The zero-order chi connectivity index (χ0) is 15.9. The Bertz CT molecular complexity index is 334. The molecule has 124 valence electrons. The number of aliphatic imine (C=N–C) groups is 1. The van der Waals surface area contributed by atoms with Crippen LogP contribution < -0.4 is 10.6 Å². The Labute approximate surface area is 124 Å². The minimum absolute atomic E-state index is 0.0368. The van der Waals surface area contributed by atoms with E-state index in [-0.39, 0.29) is 31.4 Å². The van der Waals surface area contributed by atoms with Crippen molar-refractivity contribution in [3.63, 3.8) is 0 Å². The first kappa shape index (κ1) is 18.1. The van der Waals surface area contributed by atoms with Crippen molar-refractivity contribution < 1.29 is 18.3 Å². The largest absolute Gasteiger partial charge is 0.396 e. The fraction of sp³-hybridized carbons (Fsp3) is 0.929. The van der Waals surface area contributed by atoms with Gasteiger partial charge in [0.1, 0.15) is 0 Å². The summed E-state index contributed by atoms with van der Waals surface area (Å²) in [5, 5.41) is 15.1. The van der Waals surface area contributed by atoms with Crippen molar-refractivity contribution >= 4 is 5.96 Å². The molecule has 0 spiro atoms. The maximum atomic E-state index is 12.8. The molecule has 21 heavy (non-hydrogen) atoms. The van der Waals surface area contributed by atoms with Crippen LogP contribution in [0.25, 0.3) is 0 Å². The summed E-state index contributed by atoms with van der Waals surface area (Å²) in [6.07, 6.45) is -2.48. The third kappa shape index (κ3) is 6.54. The van der Waals surface area contributed by atoms with Gasteiger partial charge in [-0.25, -0.2) is 0 Å². The maximum Gasteiger partial charge on any atom is 0.391 e. The number of aliphatic hydroxyl groups is 1. The molecule has 0 aromatic carbocycles. The number of aliphatic hydroxyl groups excluding tert-OH is 1. The first-order chi connectivity index (χ1) is 9.86. The molecule has 0 radical (unpaired) electrons. The lowest BCUT2D eigenvalue weighted by Crippen LogP contribution is -2.47. The minimum Gasteiger partial charge on any atom is -0.396 e. The smallest absolute Gasteiger partial charge is 0.391 e. The molecule has 7 heteroatoms. The first-order valence-electron chi connectivity index (χ1n) is 7.59. The van der Waals surface area contributed by atoms with E-state index in [1.807, 2.05) is 13.8 Å². The molecule has 1 fully saturated rings. The third-order valence-electron chi connectivity index (χ3n) is 3.69. The summed E-state index contributed by atoms with van der Waals surface area (Å²) in [6, 6.07) is -0.201. The van der Waals surface area contributed by atoms with Crippen LogP contribution >= 0.6 is 0 Å². The lowest BCUT2D eigenvalue weighted by Gasteiger charge is -2.32. The Hall–Kier alpha value is -0.980. The van der Waals surface area contributed by atoms with Crippen LogP contribution in [0.5, 0.6) is 0 Å². The number of halogens is 3. The quantitative estimate of drug-likeness (QED) is 0.539. The van der Waals surface area contributed by atoms with Gasteiger partial charge in [-0.05, 0) is 32.1 Å². The highest BCUT2D eigenvalue weighted by atomic mass is 19.4. The molecule has 0 aromatic rings. The van der Waals surface area contributed by atoms with E-state index < -0.39 is 12.1 Å². The zero-order valence-corrected chi connectivity index (χ0v) is 12.7. The van der Waals surface area contributed by atoms with Gasteiger partial charge in [0.05, 0.1) is 5.92 Å². The topological polar surface area (TPSA) is 56.7 Å². The second-order valence-electron chi connectivity index (χ2n) is 5.75. The average Bonchev–Trinajstić information content (AvgIpc) is 2.44. The van der Waals surface area contributed by atoms with Gasteiger partial charge in [-0.15, -0.1) is 0 Å². The Morgan fingerprint density at radius 1 is 1.38 bits per heavy atom. The lowest BCUT2D eigenvalue weighted by atomic mass is 9.85. The van der Waals surface area contributed by atoms with Crippen LogP contribution in [0.2, 0.25) is 0 Å². The van der Waals surface area contributed by atoms with Gasteiger partial charge >= 0.3 is 6.18 Å². The zero-order valence-electron chi connectivity index (χ0n) is 12.7. The van der Waals surface area contributed by atoms with Crippen molar-refractivity contribution in [1.82, 2.24) is 10.6 Å². The van der Waals surface area contributed by atoms with Gasteiger partial charge < -0.3 is 15.7 Å². The predicted octanol–water partition coefficient (Wildman–Crippen LogP) is 2.29. The molecular weight excluding hydrogens is 283 g/mol. The predicted molar refractivity (Wildman–Crippen MR) is 77.2 cm³/mol. The monoisotopic (exact) mass is 309 g/mol. The van der Waals surface area contributed by atoms with Gasteiger partial charge in [-0.2, -0.15) is 13.2 Å². The molecule has 1 aliphatic rings. The van der Waals surface area contributed by atoms with Crippen LogP contribution in [-0.2, 0) is 0 Å². The summed E-state index contributed by atoms with van der Waals surface area (Å²) >= 11 is 0. The van der Waals surface area contributed by atoms with Gasteiger partial charge in [-0.1, -0.05) is 13.3 Å². The average molecular weight is 309 g/mol. The molecule has 3 unspecified atom stereocenters. The summed E-state index contributed by atoms with van der Waals surface area (Å²) < 4.78 is 38.4. The van der Waals surface area contributed by atoms with Gasteiger partial charge in [0.25, 0.3) is 0 Å². The van der Waals surface area contributed by atoms with Crippen LogP contribution in [-0.4, -0.2) is 43.0 Å². The van der Waals surface area contributed by atoms with E-state index in [1.54, 1.807) is 0 Å². The van der Waals surface area contributed by atoms with Gasteiger partial charge in [-0.3, -0.25) is 4.99 Å². The molecule has 1 aliphatic carbocycles. The second-order valence-corrected chi connectivity index (χ2v) is 5.75. The van der Waals surface area contributed by atoms with Crippen molar-refractivity contribution in [3.8, 4) is 0 Å². The number of hydrogen-bond donors (Lipinski definition) is 3. The van der Waals surface area contributed by atoms with Crippen molar-refractivity contribution in [1.29, 1.82) is 0 Å². The van der Waals surface area contributed by atoms with Crippen LogP contribution in [0.3, 0.4) is 0 Å². The molecule has 1 saturated carbocycles. The Morgan fingerprint density at radius 2 is 2.10 bits per heavy atom.